The molecule has 2 rings (SSSR count). The van der Waals surface area contributed by atoms with Crippen LogP contribution in [0.4, 0.5) is 0 Å². The molecule has 0 heterocycles. The molecule has 88 valence electrons. The standard InChI is InChI=1S/C14H21NO/c1-2-3-6-9-14(16)10-13(15)11-7-4-5-8-12(11)14/h4-5,7-8,13,16H,2-3,6,9-10,15H2,1H3. The summed E-state index contributed by atoms with van der Waals surface area (Å²) in [7, 11) is 0. The quantitative estimate of drug-likeness (QED) is 0.765. The summed E-state index contributed by atoms with van der Waals surface area (Å²) in [6.07, 6.45) is 4.96. The van der Waals surface area contributed by atoms with E-state index in [-0.39, 0.29) is 6.04 Å². The van der Waals surface area contributed by atoms with Gasteiger partial charge in [0.1, 0.15) is 0 Å². The van der Waals surface area contributed by atoms with Gasteiger partial charge in [-0.15, -0.1) is 0 Å². The number of unbranched alkanes of at least 4 members (excludes halogenated alkanes) is 2. The van der Waals surface area contributed by atoms with Crippen LogP contribution in [0.15, 0.2) is 24.3 Å². The first-order valence-electron chi connectivity index (χ1n) is 6.25. The highest BCUT2D eigenvalue weighted by molar-refractivity contribution is 5.39. The van der Waals surface area contributed by atoms with Crippen molar-refractivity contribution >= 4 is 0 Å². The van der Waals surface area contributed by atoms with Crippen LogP contribution in [0.25, 0.3) is 0 Å². The molecular weight excluding hydrogens is 198 g/mol. The molecule has 1 aromatic carbocycles. The number of rotatable bonds is 4. The predicted molar refractivity (Wildman–Crippen MR) is 66.0 cm³/mol. The molecule has 1 aliphatic carbocycles. The van der Waals surface area contributed by atoms with Gasteiger partial charge in [-0.25, -0.2) is 0 Å². The molecule has 16 heavy (non-hydrogen) atoms. The van der Waals surface area contributed by atoms with E-state index in [1.807, 2.05) is 24.3 Å². The summed E-state index contributed by atoms with van der Waals surface area (Å²) in [6, 6.07) is 8.05. The fourth-order valence-corrected chi connectivity index (χ4v) is 2.73. The Hall–Kier alpha value is -0.860. The summed E-state index contributed by atoms with van der Waals surface area (Å²) >= 11 is 0. The minimum atomic E-state index is -0.675. The molecule has 0 fully saturated rings. The first-order valence-corrected chi connectivity index (χ1v) is 6.25. The summed E-state index contributed by atoms with van der Waals surface area (Å²) in [4.78, 5) is 0. The molecule has 0 bridgehead atoms. The molecule has 2 atom stereocenters. The van der Waals surface area contributed by atoms with Gasteiger partial charge in [0.05, 0.1) is 5.60 Å². The Morgan fingerprint density at radius 3 is 2.88 bits per heavy atom. The normalized spacial score (nSPS) is 28.1. The number of hydrogen-bond acceptors (Lipinski definition) is 2. The first kappa shape index (κ1) is 11.6. The van der Waals surface area contributed by atoms with Gasteiger partial charge >= 0.3 is 0 Å². The molecular formula is C14H21NO. The van der Waals surface area contributed by atoms with Gasteiger partial charge in [0, 0.05) is 6.04 Å². The van der Waals surface area contributed by atoms with Crippen LogP contribution >= 0.6 is 0 Å². The summed E-state index contributed by atoms with van der Waals surface area (Å²) in [5.41, 5.74) is 7.57. The Kier molecular flexibility index (Phi) is 3.31. The zero-order chi connectivity index (χ0) is 11.6. The van der Waals surface area contributed by atoms with Crippen molar-refractivity contribution in [2.24, 2.45) is 5.73 Å². The molecule has 2 unspecified atom stereocenters. The van der Waals surface area contributed by atoms with E-state index in [4.69, 9.17) is 5.73 Å². The van der Waals surface area contributed by atoms with Crippen LogP contribution in [0.2, 0.25) is 0 Å². The van der Waals surface area contributed by atoms with Gasteiger partial charge < -0.3 is 10.8 Å². The molecule has 2 heteroatoms. The third kappa shape index (κ3) is 2.00. The van der Waals surface area contributed by atoms with Crippen molar-refractivity contribution in [2.75, 3.05) is 0 Å². The monoisotopic (exact) mass is 219 g/mol. The average Bonchev–Trinajstić information content (AvgIpc) is 2.53. The van der Waals surface area contributed by atoms with Gasteiger partial charge in [0.2, 0.25) is 0 Å². The van der Waals surface area contributed by atoms with Gasteiger partial charge in [-0.3, -0.25) is 0 Å². The summed E-state index contributed by atoms with van der Waals surface area (Å²) in [6.45, 7) is 2.18. The van der Waals surface area contributed by atoms with Crippen molar-refractivity contribution in [1.29, 1.82) is 0 Å². The first-order chi connectivity index (χ1) is 7.67. The van der Waals surface area contributed by atoms with Gasteiger partial charge in [0.15, 0.2) is 0 Å². The maximum absolute atomic E-state index is 10.7. The lowest BCUT2D eigenvalue weighted by Crippen LogP contribution is -2.23. The zero-order valence-corrected chi connectivity index (χ0v) is 9.95. The number of aliphatic hydroxyl groups is 1. The smallest absolute Gasteiger partial charge is 0.0917 e. The fourth-order valence-electron chi connectivity index (χ4n) is 2.73. The molecule has 0 saturated carbocycles. The van der Waals surface area contributed by atoms with Gasteiger partial charge in [-0.1, -0.05) is 50.5 Å². The largest absolute Gasteiger partial charge is 0.385 e. The molecule has 2 nitrogen and oxygen atoms in total. The Morgan fingerprint density at radius 2 is 2.12 bits per heavy atom. The van der Waals surface area contributed by atoms with Crippen molar-refractivity contribution in [3.05, 3.63) is 35.4 Å². The number of fused-ring (bicyclic) bond motifs is 1. The second-order valence-electron chi connectivity index (χ2n) is 4.89. The lowest BCUT2D eigenvalue weighted by atomic mass is 9.90. The van der Waals surface area contributed by atoms with Gasteiger partial charge in [0.25, 0.3) is 0 Å². The van der Waals surface area contributed by atoms with E-state index in [1.165, 1.54) is 12.8 Å². The molecule has 0 aliphatic heterocycles. The van der Waals surface area contributed by atoms with Crippen molar-refractivity contribution in [3.8, 4) is 0 Å². The van der Waals surface area contributed by atoms with Crippen LogP contribution in [0.1, 0.15) is 56.2 Å². The van der Waals surface area contributed by atoms with E-state index in [0.717, 1.165) is 24.0 Å². The fraction of sp³-hybridized carbons (Fsp3) is 0.571. The van der Waals surface area contributed by atoms with Crippen LogP contribution in [-0.2, 0) is 5.60 Å². The Labute approximate surface area is 97.5 Å². The highest BCUT2D eigenvalue weighted by atomic mass is 16.3. The van der Waals surface area contributed by atoms with E-state index in [9.17, 15) is 5.11 Å². The van der Waals surface area contributed by atoms with Crippen molar-refractivity contribution in [2.45, 2.75) is 50.7 Å². The Balaban J connectivity index is 2.18. The molecule has 1 aliphatic rings. The molecule has 3 N–H and O–H groups in total. The summed E-state index contributed by atoms with van der Waals surface area (Å²) in [5, 5.41) is 10.7. The topological polar surface area (TPSA) is 46.2 Å². The minimum absolute atomic E-state index is 0.00262. The van der Waals surface area contributed by atoms with E-state index in [1.54, 1.807) is 0 Å². The van der Waals surface area contributed by atoms with E-state index in [2.05, 4.69) is 6.92 Å². The third-order valence-corrected chi connectivity index (χ3v) is 3.61. The number of benzene rings is 1. The lowest BCUT2D eigenvalue weighted by molar-refractivity contribution is 0.0223. The zero-order valence-electron chi connectivity index (χ0n) is 9.95. The maximum atomic E-state index is 10.7. The van der Waals surface area contributed by atoms with Crippen LogP contribution in [0, 0.1) is 0 Å². The molecule has 0 spiro atoms. The minimum Gasteiger partial charge on any atom is -0.385 e. The lowest BCUT2D eigenvalue weighted by Gasteiger charge is -2.24. The highest BCUT2D eigenvalue weighted by Crippen LogP contribution is 2.44. The van der Waals surface area contributed by atoms with E-state index in [0.29, 0.717) is 6.42 Å². The summed E-state index contributed by atoms with van der Waals surface area (Å²) < 4.78 is 0. The van der Waals surface area contributed by atoms with Crippen molar-refractivity contribution in [3.63, 3.8) is 0 Å². The molecule has 0 aromatic heterocycles. The average molecular weight is 219 g/mol. The van der Waals surface area contributed by atoms with E-state index >= 15 is 0 Å². The number of hydrogen-bond donors (Lipinski definition) is 2. The maximum Gasteiger partial charge on any atom is 0.0917 e. The molecule has 0 amide bonds. The Morgan fingerprint density at radius 1 is 1.38 bits per heavy atom. The van der Waals surface area contributed by atoms with Crippen molar-refractivity contribution < 1.29 is 5.11 Å². The van der Waals surface area contributed by atoms with Crippen LogP contribution in [-0.4, -0.2) is 5.11 Å². The van der Waals surface area contributed by atoms with Gasteiger partial charge in [-0.05, 0) is 24.0 Å². The second-order valence-corrected chi connectivity index (χ2v) is 4.89. The van der Waals surface area contributed by atoms with Crippen LogP contribution in [0.3, 0.4) is 0 Å². The highest BCUT2D eigenvalue weighted by Gasteiger charge is 2.39. The third-order valence-electron chi connectivity index (χ3n) is 3.61. The summed E-state index contributed by atoms with van der Waals surface area (Å²) in [5.74, 6) is 0. The molecule has 0 saturated heterocycles. The molecule has 1 aromatic rings. The molecule has 0 radical (unpaired) electrons. The second kappa shape index (κ2) is 4.56. The van der Waals surface area contributed by atoms with E-state index < -0.39 is 5.60 Å². The number of nitrogens with two attached hydrogens (primary N) is 1. The van der Waals surface area contributed by atoms with Crippen LogP contribution in [0.5, 0.6) is 0 Å². The van der Waals surface area contributed by atoms with Gasteiger partial charge in [-0.2, -0.15) is 0 Å². The SMILES string of the molecule is CCCCCC1(O)CC(N)c2ccccc21. The Bertz CT molecular complexity index is 364. The van der Waals surface area contributed by atoms with Crippen molar-refractivity contribution in [1.82, 2.24) is 0 Å². The van der Waals surface area contributed by atoms with Crippen LogP contribution < -0.4 is 5.73 Å². The predicted octanol–water partition coefficient (Wildman–Crippen LogP) is 2.86.